The molecule has 2 aliphatic heterocycles. The maximum absolute atomic E-state index is 13.0. The number of primary sulfonamides is 1. The van der Waals surface area contributed by atoms with Crippen LogP contribution in [0.5, 0.6) is 5.75 Å². The van der Waals surface area contributed by atoms with Crippen LogP contribution in [-0.4, -0.2) is 43.0 Å². The number of ether oxygens (including phenoxy) is 1. The number of nitrogens with two attached hydrogens (primary N) is 1. The summed E-state index contributed by atoms with van der Waals surface area (Å²) in [5.74, 6) is 0.896. The minimum absolute atomic E-state index is 0.00138. The lowest BCUT2D eigenvalue weighted by Crippen LogP contribution is -2.55. The highest BCUT2D eigenvalue weighted by atomic mass is 35.5. The van der Waals surface area contributed by atoms with Gasteiger partial charge >= 0.3 is 0 Å². The number of piperidine rings is 1. The fourth-order valence-corrected chi connectivity index (χ4v) is 5.51. The fraction of sp³-hybridized carbons (Fsp3) is 0.455. The normalized spacial score (nSPS) is 22.8. The van der Waals surface area contributed by atoms with Gasteiger partial charge in [0.25, 0.3) is 5.91 Å². The summed E-state index contributed by atoms with van der Waals surface area (Å²) in [6.07, 6.45) is 4.78. The summed E-state index contributed by atoms with van der Waals surface area (Å²) in [5, 5.41) is 9.14. The van der Waals surface area contributed by atoms with Crippen LogP contribution in [0.2, 0.25) is 10.0 Å². The molecule has 0 radical (unpaired) electrons. The summed E-state index contributed by atoms with van der Waals surface area (Å²) in [7, 11) is -3.78. The number of amides is 1. The molecule has 0 aliphatic carbocycles. The molecule has 2 aromatic rings. The fourth-order valence-electron chi connectivity index (χ4n) is 4.60. The number of carbonyl (C=O) groups is 1. The topological polar surface area (TPSA) is 115 Å². The average molecular weight is 513 g/mol. The quantitative estimate of drug-likeness (QED) is 0.611. The van der Waals surface area contributed by atoms with Crippen LogP contribution in [0.4, 0.5) is 5.82 Å². The number of hydrogen-bond acceptors (Lipinski definition) is 6. The maximum Gasteiger partial charge on any atom is 0.263 e. The molecular weight excluding hydrogens is 487 g/mol. The van der Waals surface area contributed by atoms with Crippen molar-refractivity contribution >= 4 is 45.0 Å². The number of pyridine rings is 1. The molecule has 8 nitrogen and oxygen atoms in total. The van der Waals surface area contributed by atoms with Gasteiger partial charge in [-0.3, -0.25) is 4.79 Å². The first-order valence-corrected chi connectivity index (χ1v) is 13.0. The zero-order valence-corrected chi connectivity index (χ0v) is 20.6. The molecule has 1 amide bonds. The Balaban J connectivity index is 1.41. The van der Waals surface area contributed by atoms with E-state index in [1.54, 1.807) is 38.1 Å². The largest absolute Gasteiger partial charge is 0.476 e. The van der Waals surface area contributed by atoms with Crippen molar-refractivity contribution in [2.45, 2.75) is 68.2 Å². The van der Waals surface area contributed by atoms with Crippen molar-refractivity contribution in [3.63, 3.8) is 0 Å². The first kappa shape index (κ1) is 24.1. The molecule has 2 bridgehead atoms. The monoisotopic (exact) mass is 512 g/mol. The zero-order chi connectivity index (χ0) is 24.0. The van der Waals surface area contributed by atoms with E-state index < -0.39 is 15.6 Å². The standard InChI is InChI=1S/C22H26Cl2N4O4S/c1-22(2,32-19-7-3-13(23)9-18(19)24)21(29)27-14-10-15-4-5-16(11-14)28(15)20-8-6-17(12-26-20)33(25,30)31/h3,6-9,12,14-16H,4-5,10-11H2,1-2H3,(H,27,29)(H2,25,30,31)/t14?,15-,16+. The second-order valence-electron chi connectivity index (χ2n) is 9.02. The Bertz CT molecular complexity index is 1140. The number of halogens is 2. The van der Waals surface area contributed by atoms with E-state index in [0.717, 1.165) is 31.5 Å². The Hall–Kier alpha value is -2.07. The maximum atomic E-state index is 13.0. The lowest BCUT2D eigenvalue weighted by Gasteiger charge is -2.40. The van der Waals surface area contributed by atoms with Gasteiger partial charge in [-0.2, -0.15) is 0 Å². The SMILES string of the molecule is CC(C)(Oc1ccc(Cl)cc1Cl)C(=O)NC1C[C@H]2CC[C@@H](C1)N2c1ccc(S(N)(=O)=O)cn1. The highest BCUT2D eigenvalue weighted by Gasteiger charge is 2.43. The molecule has 0 saturated carbocycles. The van der Waals surface area contributed by atoms with Crippen LogP contribution >= 0.6 is 23.2 Å². The Kier molecular flexibility index (Phi) is 6.52. The van der Waals surface area contributed by atoms with Crippen LogP contribution in [0.25, 0.3) is 0 Å². The third-order valence-corrected chi connectivity index (χ3v) is 7.62. The Morgan fingerprint density at radius 1 is 1.18 bits per heavy atom. The van der Waals surface area contributed by atoms with Gasteiger partial charge in [0.05, 0.1) is 5.02 Å². The third kappa shape index (κ3) is 5.21. The van der Waals surface area contributed by atoms with Crippen LogP contribution in [-0.2, 0) is 14.8 Å². The molecular formula is C22H26Cl2N4O4S. The van der Waals surface area contributed by atoms with E-state index in [0.29, 0.717) is 15.8 Å². The number of anilines is 1. The van der Waals surface area contributed by atoms with E-state index in [1.807, 2.05) is 0 Å². The predicted octanol–water partition coefficient (Wildman–Crippen LogP) is 3.51. The first-order valence-electron chi connectivity index (χ1n) is 10.7. The van der Waals surface area contributed by atoms with Crippen LogP contribution in [0.3, 0.4) is 0 Å². The van der Waals surface area contributed by atoms with Crippen molar-refractivity contribution < 1.29 is 17.9 Å². The molecule has 11 heteroatoms. The lowest BCUT2D eigenvalue weighted by atomic mass is 9.96. The summed E-state index contributed by atoms with van der Waals surface area (Å²) >= 11 is 12.1. The van der Waals surface area contributed by atoms with Crippen molar-refractivity contribution in [1.29, 1.82) is 0 Å². The predicted molar refractivity (Wildman–Crippen MR) is 127 cm³/mol. The number of sulfonamides is 1. The van der Waals surface area contributed by atoms with Gasteiger partial charge in [0.2, 0.25) is 10.0 Å². The number of carbonyl (C=O) groups excluding carboxylic acids is 1. The number of nitrogens with one attached hydrogen (secondary N) is 1. The summed E-state index contributed by atoms with van der Waals surface area (Å²) in [5.41, 5.74) is -1.13. The van der Waals surface area contributed by atoms with Gasteiger partial charge in [-0.1, -0.05) is 23.2 Å². The minimum atomic E-state index is -3.78. The lowest BCUT2D eigenvalue weighted by molar-refractivity contribution is -0.135. The first-order chi connectivity index (χ1) is 15.4. The summed E-state index contributed by atoms with van der Waals surface area (Å²) in [6.45, 7) is 3.40. The van der Waals surface area contributed by atoms with Gasteiger partial charge < -0.3 is 15.0 Å². The molecule has 1 unspecified atom stereocenters. The smallest absolute Gasteiger partial charge is 0.263 e. The molecule has 3 N–H and O–H groups in total. The van der Waals surface area contributed by atoms with Gasteiger partial charge in [-0.05, 0) is 69.9 Å². The highest BCUT2D eigenvalue weighted by molar-refractivity contribution is 7.89. The van der Waals surface area contributed by atoms with Crippen LogP contribution in [0.15, 0.2) is 41.4 Å². The summed E-state index contributed by atoms with van der Waals surface area (Å²) in [6, 6.07) is 8.46. The highest BCUT2D eigenvalue weighted by Crippen LogP contribution is 2.39. The summed E-state index contributed by atoms with van der Waals surface area (Å²) < 4.78 is 28.9. The van der Waals surface area contributed by atoms with E-state index in [4.69, 9.17) is 33.1 Å². The van der Waals surface area contributed by atoms with Crippen molar-refractivity contribution in [2.75, 3.05) is 4.90 Å². The molecule has 1 aromatic carbocycles. The average Bonchev–Trinajstić information content (AvgIpc) is 3.00. The van der Waals surface area contributed by atoms with Gasteiger partial charge in [-0.15, -0.1) is 0 Å². The Labute approximate surface area is 203 Å². The van der Waals surface area contributed by atoms with Crippen molar-refractivity contribution in [2.24, 2.45) is 5.14 Å². The molecule has 2 saturated heterocycles. The minimum Gasteiger partial charge on any atom is -0.476 e. The molecule has 2 fully saturated rings. The molecule has 4 rings (SSSR count). The van der Waals surface area contributed by atoms with Gasteiger partial charge in [-0.25, -0.2) is 18.5 Å². The van der Waals surface area contributed by atoms with Crippen molar-refractivity contribution in [3.05, 3.63) is 46.6 Å². The second-order valence-corrected chi connectivity index (χ2v) is 11.4. The van der Waals surface area contributed by atoms with E-state index in [1.165, 1.54) is 12.3 Å². The van der Waals surface area contributed by atoms with E-state index >= 15 is 0 Å². The number of nitrogens with zero attached hydrogens (tertiary/aromatic N) is 2. The van der Waals surface area contributed by atoms with Crippen LogP contribution in [0.1, 0.15) is 39.5 Å². The number of rotatable bonds is 6. The number of hydrogen-bond donors (Lipinski definition) is 2. The zero-order valence-electron chi connectivity index (χ0n) is 18.3. The molecule has 1 aromatic heterocycles. The van der Waals surface area contributed by atoms with Gasteiger partial charge in [0.1, 0.15) is 16.5 Å². The molecule has 3 heterocycles. The van der Waals surface area contributed by atoms with Crippen molar-refractivity contribution in [3.8, 4) is 5.75 Å². The van der Waals surface area contributed by atoms with Gasteiger partial charge in [0.15, 0.2) is 5.60 Å². The van der Waals surface area contributed by atoms with Crippen molar-refractivity contribution in [1.82, 2.24) is 10.3 Å². The Morgan fingerprint density at radius 2 is 1.85 bits per heavy atom. The van der Waals surface area contributed by atoms with E-state index in [2.05, 4.69) is 15.2 Å². The molecule has 178 valence electrons. The third-order valence-electron chi connectivity index (χ3n) is 6.19. The second kappa shape index (κ2) is 8.94. The molecule has 3 atom stereocenters. The molecule has 33 heavy (non-hydrogen) atoms. The summed E-state index contributed by atoms with van der Waals surface area (Å²) in [4.78, 5) is 19.6. The molecule has 2 aliphatic rings. The number of aromatic nitrogens is 1. The van der Waals surface area contributed by atoms with Crippen LogP contribution < -0.4 is 20.1 Å². The number of benzene rings is 1. The van der Waals surface area contributed by atoms with E-state index in [-0.39, 0.29) is 28.9 Å². The van der Waals surface area contributed by atoms with E-state index in [9.17, 15) is 13.2 Å². The molecule has 0 spiro atoms. The number of fused-ring (bicyclic) bond motifs is 2. The van der Waals surface area contributed by atoms with Gasteiger partial charge in [0, 0.05) is 29.3 Å². The van der Waals surface area contributed by atoms with Crippen LogP contribution in [0, 0.1) is 0 Å². The Morgan fingerprint density at radius 3 is 2.39 bits per heavy atom.